The highest BCUT2D eigenvalue weighted by Crippen LogP contribution is 2.28. The van der Waals surface area contributed by atoms with Crippen LogP contribution in [-0.4, -0.2) is 34.0 Å². The monoisotopic (exact) mass is 361 g/mol. The molecule has 3 aromatic rings. The summed E-state index contributed by atoms with van der Waals surface area (Å²) >= 11 is 0. The largest absolute Gasteiger partial charge is 0.338 e. The molecule has 1 aliphatic rings. The molecule has 0 spiro atoms. The third-order valence-corrected chi connectivity index (χ3v) is 5.14. The minimum absolute atomic E-state index is 0.0350. The van der Waals surface area contributed by atoms with Gasteiger partial charge in [0.2, 0.25) is 5.82 Å². The first-order valence-corrected chi connectivity index (χ1v) is 9.42. The lowest BCUT2D eigenvalue weighted by molar-refractivity contribution is 0.0683. The van der Waals surface area contributed by atoms with Crippen LogP contribution in [-0.2, 0) is 0 Å². The van der Waals surface area contributed by atoms with Crippen LogP contribution in [0.4, 0.5) is 0 Å². The van der Waals surface area contributed by atoms with Crippen LogP contribution in [0.2, 0.25) is 0 Å². The summed E-state index contributed by atoms with van der Waals surface area (Å²) in [6.45, 7) is 5.81. The van der Waals surface area contributed by atoms with Crippen LogP contribution in [0.15, 0.2) is 53.1 Å². The van der Waals surface area contributed by atoms with Gasteiger partial charge in [0.05, 0.1) is 11.1 Å². The van der Waals surface area contributed by atoms with Gasteiger partial charge in [-0.1, -0.05) is 48.5 Å². The van der Waals surface area contributed by atoms with Gasteiger partial charge < -0.3 is 9.42 Å². The van der Waals surface area contributed by atoms with E-state index in [2.05, 4.69) is 17.1 Å². The van der Waals surface area contributed by atoms with Crippen LogP contribution in [0.1, 0.15) is 35.7 Å². The predicted octanol–water partition coefficient (Wildman–Crippen LogP) is 4.58. The third kappa shape index (κ3) is 3.50. The quantitative estimate of drug-likeness (QED) is 0.685. The lowest BCUT2D eigenvalue weighted by atomic mass is 9.98. The molecule has 0 bridgehead atoms. The summed E-state index contributed by atoms with van der Waals surface area (Å²) in [5.74, 6) is 1.48. The number of carbonyl (C=O) groups is 1. The molecule has 0 aliphatic carbocycles. The van der Waals surface area contributed by atoms with Crippen molar-refractivity contribution in [2.75, 3.05) is 13.1 Å². The SMILES string of the molecule is Cc1ccccc1-c1noc(-c2ccccc2C(=O)N2CCC[C@H](C)C2)n1. The van der Waals surface area contributed by atoms with E-state index in [1.807, 2.05) is 60.4 Å². The second kappa shape index (κ2) is 7.35. The number of aryl methyl sites for hydroxylation is 1. The molecule has 0 saturated carbocycles. The smallest absolute Gasteiger partial charge is 0.259 e. The van der Waals surface area contributed by atoms with Crippen LogP contribution in [0.5, 0.6) is 0 Å². The minimum Gasteiger partial charge on any atom is -0.338 e. The van der Waals surface area contributed by atoms with Crippen LogP contribution in [0, 0.1) is 12.8 Å². The van der Waals surface area contributed by atoms with Gasteiger partial charge in [0.25, 0.3) is 11.8 Å². The van der Waals surface area contributed by atoms with Crippen LogP contribution in [0.25, 0.3) is 22.8 Å². The van der Waals surface area contributed by atoms with Crippen molar-refractivity contribution < 1.29 is 9.32 Å². The van der Waals surface area contributed by atoms with Crippen LogP contribution >= 0.6 is 0 Å². The number of likely N-dealkylation sites (tertiary alicyclic amines) is 1. The van der Waals surface area contributed by atoms with Crippen molar-refractivity contribution in [1.82, 2.24) is 15.0 Å². The Balaban J connectivity index is 1.68. The first-order chi connectivity index (χ1) is 13.1. The standard InChI is InChI=1S/C22H23N3O2/c1-15-8-7-13-25(14-15)22(26)19-12-6-5-11-18(19)21-23-20(24-27-21)17-10-4-3-9-16(17)2/h3-6,9-12,15H,7-8,13-14H2,1-2H3/t15-/m0/s1. The van der Waals surface area contributed by atoms with E-state index < -0.39 is 0 Å². The molecule has 5 heteroatoms. The van der Waals surface area contributed by atoms with E-state index in [1.165, 1.54) is 6.42 Å². The van der Waals surface area contributed by atoms with Crippen molar-refractivity contribution in [3.63, 3.8) is 0 Å². The molecule has 2 aromatic carbocycles. The second-order valence-corrected chi connectivity index (χ2v) is 7.28. The summed E-state index contributed by atoms with van der Waals surface area (Å²) < 4.78 is 5.53. The normalized spacial score (nSPS) is 17.1. The van der Waals surface area contributed by atoms with Crippen molar-refractivity contribution in [3.05, 3.63) is 59.7 Å². The van der Waals surface area contributed by atoms with Crippen molar-refractivity contribution in [1.29, 1.82) is 0 Å². The zero-order valence-electron chi connectivity index (χ0n) is 15.7. The van der Waals surface area contributed by atoms with Gasteiger partial charge in [0, 0.05) is 18.7 Å². The average molecular weight is 361 g/mol. The summed E-state index contributed by atoms with van der Waals surface area (Å²) in [5, 5.41) is 4.14. The number of amides is 1. The van der Waals surface area contributed by atoms with Gasteiger partial charge in [-0.3, -0.25) is 4.79 Å². The molecule has 1 amide bonds. The minimum atomic E-state index is 0.0350. The highest BCUT2D eigenvalue weighted by Gasteiger charge is 2.25. The van der Waals surface area contributed by atoms with Gasteiger partial charge in [-0.05, 0) is 43.4 Å². The Kier molecular flexibility index (Phi) is 4.75. The highest BCUT2D eigenvalue weighted by molar-refractivity contribution is 6.00. The number of rotatable bonds is 3. The molecule has 2 heterocycles. The van der Waals surface area contributed by atoms with Gasteiger partial charge in [-0.2, -0.15) is 4.98 Å². The summed E-state index contributed by atoms with van der Waals surface area (Å²) in [7, 11) is 0. The Morgan fingerprint density at radius 2 is 1.85 bits per heavy atom. The van der Waals surface area contributed by atoms with E-state index in [9.17, 15) is 4.79 Å². The molecule has 138 valence electrons. The lowest BCUT2D eigenvalue weighted by Gasteiger charge is -2.31. The van der Waals surface area contributed by atoms with Gasteiger partial charge in [-0.25, -0.2) is 0 Å². The summed E-state index contributed by atoms with van der Waals surface area (Å²) in [6, 6.07) is 15.4. The predicted molar refractivity (Wildman–Crippen MR) is 104 cm³/mol. The fourth-order valence-corrected chi connectivity index (χ4v) is 3.67. The number of piperidine rings is 1. The van der Waals surface area contributed by atoms with Crippen molar-refractivity contribution in [2.24, 2.45) is 5.92 Å². The van der Waals surface area contributed by atoms with Crippen molar-refractivity contribution in [3.8, 4) is 22.8 Å². The Morgan fingerprint density at radius 1 is 1.11 bits per heavy atom. The molecule has 1 aromatic heterocycles. The first-order valence-electron chi connectivity index (χ1n) is 9.42. The van der Waals surface area contributed by atoms with Gasteiger partial charge in [-0.15, -0.1) is 0 Å². The van der Waals surface area contributed by atoms with E-state index >= 15 is 0 Å². The van der Waals surface area contributed by atoms with Gasteiger partial charge in [0.15, 0.2) is 0 Å². The number of carbonyl (C=O) groups excluding carboxylic acids is 1. The lowest BCUT2D eigenvalue weighted by Crippen LogP contribution is -2.39. The van der Waals surface area contributed by atoms with Crippen molar-refractivity contribution >= 4 is 5.91 Å². The molecule has 1 saturated heterocycles. The van der Waals surface area contributed by atoms with Crippen molar-refractivity contribution in [2.45, 2.75) is 26.7 Å². The third-order valence-electron chi connectivity index (χ3n) is 5.14. The van der Waals surface area contributed by atoms with Gasteiger partial charge in [0.1, 0.15) is 0 Å². The number of aromatic nitrogens is 2. The Labute approximate surface area is 159 Å². The second-order valence-electron chi connectivity index (χ2n) is 7.28. The molecule has 1 aliphatic heterocycles. The first kappa shape index (κ1) is 17.5. The summed E-state index contributed by atoms with van der Waals surface area (Å²) in [4.78, 5) is 19.6. The Morgan fingerprint density at radius 3 is 2.63 bits per heavy atom. The molecule has 0 N–H and O–H groups in total. The Hall–Kier alpha value is -2.95. The van der Waals surface area contributed by atoms with E-state index in [4.69, 9.17) is 4.52 Å². The fourth-order valence-electron chi connectivity index (χ4n) is 3.67. The summed E-state index contributed by atoms with van der Waals surface area (Å²) in [5.41, 5.74) is 3.32. The Bertz CT molecular complexity index is 963. The molecule has 4 rings (SSSR count). The highest BCUT2D eigenvalue weighted by atomic mass is 16.5. The molecule has 5 nitrogen and oxygen atoms in total. The average Bonchev–Trinajstić information content (AvgIpc) is 3.17. The number of nitrogens with zero attached hydrogens (tertiary/aromatic N) is 3. The zero-order valence-corrected chi connectivity index (χ0v) is 15.7. The van der Waals surface area contributed by atoms with E-state index in [0.717, 1.165) is 30.6 Å². The van der Waals surface area contributed by atoms with Gasteiger partial charge >= 0.3 is 0 Å². The van der Waals surface area contributed by atoms with E-state index in [1.54, 1.807) is 0 Å². The zero-order chi connectivity index (χ0) is 18.8. The van der Waals surface area contributed by atoms with E-state index in [0.29, 0.717) is 28.8 Å². The molecular weight excluding hydrogens is 338 g/mol. The number of hydrogen-bond donors (Lipinski definition) is 0. The molecular formula is C22H23N3O2. The summed E-state index contributed by atoms with van der Waals surface area (Å²) in [6.07, 6.45) is 2.22. The molecule has 1 atom stereocenters. The van der Waals surface area contributed by atoms with Crippen LogP contribution in [0.3, 0.4) is 0 Å². The molecule has 27 heavy (non-hydrogen) atoms. The number of hydrogen-bond acceptors (Lipinski definition) is 4. The number of benzene rings is 2. The molecule has 0 unspecified atom stereocenters. The maximum atomic E-state index is 13.1. The fraction of sp³-hybridized carbons (Fsp3) is 0.318. The maximum Gasteiger partial charge on any atom is 0.259 e. The van der Waals surface area contributed by atoms with E-state index in [-0.39, 0.29) is 5.91 Å². The molecule has 1 fully saturated rings. The maximum absolute atomic E-state index is 13.1. The molecule has 0 radical (unpaired) electrons. The van der Waals surface area contributed by atoms with Crippen LogP contribution < -0.4 is 0 Å². The topological polar surface area (TPSA) is 59.2 Å².